The van der Waals surface area contributed by atoms with E-state index in [1.54, 1.807) is 18.2 Å². The van der Waals surface area contributed by atoms with E-state index in [1.165, 1.54) is 0 Å². The second-order valence-electron chi connectivity index (χ2n) is 3.42. The van der Waals surface area contributed by atoms with Gasteiger partial charge >= 0.3 is 6.18 Å². The summed E-state index contributed by atoms with van der Waals surface area (Å²) >= 11 is 0. The highest BCUT2D eigenvalue weighted by atomic mass is 19.4. The minimum Gasteiger partial charge on any atom is -0.256 e. The Labute approximate surface area is 84.6 Å². The van der Waals surface area contributed by atoms with Crippen LogP contribution in [0.4, 0.5) is 13.2 Å². The number of pyridine rings is 1. The number of nitrogens with zero attached hydrogens (tertiary/aromatic N) is 1. The Bertz CT molecular complexity index is 503. The van der Waals surface area contributed by atoms with Crippen LogP contribution >= 0.6 is 0 Å². The highest BCUT2D eigenvalue weighted by Gasteiger charge is 2.30. The van der Waals surface area contributed by atoms with Crippen LogP contribution in [-0.4, -0.2) is 4.98 Å². The van der Waals surface area contributed by atoms with E-state index >= 15 is 0 Å². The van der Waals surface area contributed by atoms with E-state index in [0.29, 0.717) is 10.9 Å². The fourth-order valence-electron chi connectivity index (χ4n) is 1.39. The number of aryl methyl sites for hydroxylation is 1. The summed E-state index contributed by atoms with van der Waals surface area (Å²) in [6.45, 7) is 1.87. The molecule has 2 aromatic rings. The number of alkyl halides is 3. The van der Waals surface area contributed by atoms with Gasteiger partial charge in [0.1, 0.15) is 0 Å². The highest BCUT2D eigenvalue weighted by Crippen LogP contribution is 2.30. The molecule has 15 heavy (non-hydrogen) atoms. The smallest absolute Gasteiger partial charge is 0.256 e. The molecule has 1 heterocycles. The van der Waals surface area contributed by atoms with E-state index in [4.69, 9.17) is 0 Å². The maximum atomic E-state index is 12.4. The van der Waals surface area contributed by atoms with E-state index in [9.17, 15) is 13.2 Å². The molecule has 1 aromatic carbocycles. The van der Waals surface area contributed by atoms with E-state index in [1.807, 2.05) is 6.92 Å². The minimum atomic E-state index is -4.33. The molecule has 0 bridgehead atoms. The van der Waals surface area contributed by atoms with Gasteiger partial charge in [-0.3, -0.25) is 4.98 Å². The van der Waals surface area contributed by atoms with E-state index in [2.05, 4.69) is 4.98 Å². The lowest BCUT2D eigenvalue weighted by Gasteiger charge is -2.07. The van der Waals surface area contributed by atoms with Gasteiger partial charge in [0.25, 0.3) is 0 Å². The van der Waals surface area contributed by atoms with Crippen molar-refractivity contribution in [3.8, 4) is 0 Å². The van der Waals surface area contributed by atoms with Crippen LogP contribution in [0.2, 0.25) is 0 Å². The van der Waals surface area contributed by atoms with Gasteiger partial charge in [0, 0.05) is 11.6 Å². The summed E-state index contributed by atoms with van der Waals surface area (Å²) in [5.74, 6) is 0. The molecule has 1 aromatic heterocycles. The second-order valence-corrected chi connectivity index (χ2v) is 3.42. The van der Waals surface area contributed by atoms with Gasteiger partial charge in [-0.25, -0.2) is 0 Å². The molecule has 78 valence electrons. The predicted octanol–water partition coefficient (Wildman–Crippen LogP) is 3.56. The van der Waals surface area contributed by atoms with Crippen molar-refractivity contribution in [3.63, 3.8) is 0 Å². The standard InChI is InChI=1S/C11H8F3N/c1-7-2-3-8-5-9(11(12,13)14)6-15-10(8)4-7/h2-6H,1H3. The Morgan fingerprint density at radius 1 is 1.13 bits per heavy atom. The molecule has 0 saturated carbocycles. The molecule has 0 spiro atoms. The molecule has 0 atom stereocenters. The molecule has 0 radical (unpaired) electrons. The highest BCUT2D eigenvalue weighted by molar-refractivity contribution is 5.79. The molecule has 0 aliphatic heterocycles. The van der Waals surface area contributed by atoms with Crippen molar-refractivity contribution in [2.75, 3.05) is 0 Å². The lowest BCUT2D eigenvalue weighted by Crippen LogP contribution is -2.05. The minimum absolute atomic E-state index is 0.510. The van der Waals surface area contributed by atoms with Crippen molar-refractivity contribution in [2.24, 2.45) is 0 Å². The zero-order valence-corrected chi connectivity index (χ0v) is 7.97. The molecule has 0 aliphatic carbocycles. The molecule has 0 N–H and O–H groups in total. The quantitative estimate of drug-likeness (QED) is 0.649. The van der Waals surface area contributed by atoms with Gasteiger partial charge in [-0.15, -0.1) is 0 Å². The van der Waals surface area contributed by atoms with Crippen molar-refractivity contribution in [2.45, 2.75) is 13.1 Å². The zero-order valence-electron chi connectivity index (χ0n) is 7.97. The van der Waals surface area contributed by atoms with Crippen LogP contribution in [-0.2, 0) is 6.18 Å². The fourth-order valence-corrected chi connectivity index (χ4v) is 1.39. The van der Waals surface area contributed by atoms with Gasteiger partial charge in [-0.05, 0) is 24.6 Å². The molecule has 0 fully saturated rings. The average Bonchev–Trinajstić information content (AvgIpc) is 2.15. The number of rotatable bonds is 0. The first kappa shape index (κ1) is 9.96. The van der Waals surface area contributed by atoms with E-state index in [0.717, 1.165) is 17.8 Å². The first-order valence-corrected chi connectivity index (χ1v) is 4.40. The Balaban J connectivity index is 2.62. The summed E-state index contributed by atoms with van der Waals surface area (Å²) < 4.78 is 37.1. The Kier molecular flexibility index (Phi) is 2.14. The first-order valence-electron chi connectivity index (χ1n) is 4.40. The third-order valence-electron chi connectivity index (χ3n) is 2.17. The van der Waals surface area contributed by atoms with Crippen LogP contribution in [0.15, 0.2) is 30.5 Å². The van der Waals surface area contributed by atoms with Crippen LogP contribution in [0.5, 0.6) is 0 Å². The van der Waals surface area contributed by atoms with Gasteiger partial charge in [0.05, 0.1) is 11.1 Å². The number of hydrogen-bond acceptors (Lipinski definition) is 1. The summed E-state index contributed by atoms with van der Waals surface area (Å²) in [6, 6.07) is 6.29. The predicted molar refractivity (Wildman–Crippen MR) is 51.5 cm³/mol. The monoisotopic (exact) mass is 211 g/mol. The van der Waals surface area contributed by atoms with Crippen LogP contribution in [0.3, 0.4) is 0 Å². The molecular weight excluding hydrogens is 203 g/mol. The van der Waals surface area contributed by atoms with Crippen LogP contribution in [0.25, 0.3) is 10.9 Å². The van der Waals surface area contributed by atoms with E-state index in [-0.39, 0.29) is 0 Å². The molecule has 2 rings (SSSR count). The summed E-state index contributed by atoms with van der Waals surface area (Å²) in [5.41, 5.74) is 0.858. The summed E-state index contributed by atoms with van der Waals surface area (Å²) in [5, 5.41) is 0.510. The van der Waals surface area contributed by atoms with Crippen molar-refractivity contribution in [1.82, 2.24) is 4.98 Å². The van der Waals surface area contributed by atoms with Crippen molar-refractivity contribution in [3.05, 3.63) is 41.6 Å². The number of fused-ring (bicyclic) bond motifs is 1. The maximum Gasteiger partial charge on any atom is 0.417 e. The fraction of sp³-hybridized carbons (Fsp3) is 0.182. The molecule has 1 nitrogen and oxygen atoms in total. The number of benzene rings is 1. The third-order valence-corrected chi connectivity index (χ3v) is 2.17. The zero-order chi connectivity index (χ0) is 11.1. The van der Waals surface area contributed by atoms with Gasteiger partial charge in [0.15, 0.2) is 0 Å². The van der Waals surface area contributed by atoms with Crippen molar-refractivity contribution >= 4 is 10.9 Å². The van der Waals surface area contributed by atoms with Crippen LogP contribution in [0.1, 0.15) is 11.1 Å². The molecule has 0 unspecified atom stereocenters. The molecule has 4 heteroatoms. The SMILES string of the molecule is Cc1ccc2cc(C(F)(F)F)cnc2c1. The van der Waals surface area contributed by atoms with Crippen molar-refractivity contribution in [1.29, 1.82) is 0 Å². The Hall–Kier alpha value is -1.58. The largest absolute Gasteiger partial charge is 0.417 e. The Morgan fingerprint density at radius 3 is 2.53 bits per heavy atom. The molecule has 0 amide bonds. The third kappa shape index (κ3) is 1.93. The van der Waals surface area contributed by atoms with Gasteiger partial charge in [0.2, 0.25) is 0 Å². The molecule has 0 aliphatic rings. The van der Waals surface area contributed by atoms with Gasteiger partial charge < -0.3 is 0 Å². The summed E-state index contributed by atoms with van der Waals surface area (Å²) in [7, 11) is 0. The van der Waals surface area contributed by atoms with Crippen LogP contribution < -0.4 is 0 Å². The number of halogens is 3. The first-order chi connectivity index (χ1) is 6.97. The topological polar surface area (TPSA) is 12.9 Å². The lowest BCUT2D eigenvalue weighted by atomic mass is 10.1. The second kappa shape index (κ2) is 3.22. The summed E-state index contributed by atoms with van der Waals surface area (Å²) in [6.07, 6.45) is -3.46. The average molecular weight is 211 g/mol. The number of aromatic nitrogens is 1. The molecular formula is C11H8F3N. The normalized spacial score (nSPS) is 12.0. The van der Waals surface area contributed by atoms with Crippen molar-refractivity contribution < 1.29 is 13.2 Å². The van der Waals surface area contributed by atoms with E-state index < -0.39 is 11.7 Å². The molecule has 0 saturated heterocycles. The van der Waals surface area contributed by atoms with Crippen LogP contribution in [0, 0.1) is 6.92 Å². The summed E-state index contributed by atoms with van der Waals surface area (Å²) in [4.78, 5) is 3.79. The lowest BCUT2D eigenvalue weighted by molar-refractivity contribution is -0.137. The maximum absolute atomic E-state index is 12.4. The Morgan fingerprint density at radius 2 is 1.87 bits per heavy atom. The van der Waals surface area contributed by atoms with Gasteiger partial charge in [-0.1, -0.05) is 12.1 Å². The van der Waals surface area contributed by atoms with Gasteiger partial charge in [-0.2, -0.15) is 13.2 Å². The number of hydrogen-bond donors (Lipinski definition) is 0.